The minimum atomic E-state index is -1.24. The Morgan fingerprint density at radius 1 is 0.698 bits per heavy atom. The summed E-state index contributed by atoms with van der Waals surface area (Å²) in [6.07, 6.45) is 9.22. The number of thiazole rings is 1. The number of amides is 9. The molecule has 2 aliphatic heterocycles. The van der Waals surface area contributed by atoms with E-state index >= 15 is 0 Å². The van der Waals surface area contributed by atoms with Crippen molar-refractivity contribution in [2.24, 2.45) is 34.3 Å². The van der Waals surface area contributed by atoms with Crippen molar-refractivity contribution in [1.29, 1.82) is 5.41 Å². The third-order valence-corrected chi connectivity index (χ3v) is 26.4. The number of nitrogens with two attached hydrogens (primary N) is 1. The van der Waals surface area contributed by atoms with Crippen molar-refractivity contribution in [2.45, 2.75) is 136 Å². The molecular formula is C97H137N15O25S2. The summed E-state index contributed by atoms with van der Waals surface area (Å²) in [7, 11) is 1.63. The van der Waals surface area contributed by atoms with Crippen LogP contribution in [0.15, 0.2) is 103 Å². The normalized spacial score (nSPS) is 18.9. The van der Waals surface area contributed by atoms with Crippen molar-refractivity contribution in [3.63, 3.8) is 0 Å². The second kappa shape index (κ2) is 56.3. The number of carboxylic acid groups (broad SMARTS) is 1. The molecule has 139 heavy (non-hydrogen) atoms. The molecule has 3 saturated carbocycles. The number of anilines is 3. The molecule has 3 aliphatic carbocycles. The number of hydrogen-bond donors (Lipinski definition) is 11. The van der Waals surface area contributed by atoms with E-state index in [1.807, 2.05) is 48.2 Å². The number of aromatic carboxylic acids is 1. The number of primary amides is 1. The van der Waals surface area contributed by atoms with Crippen molar-refractivity contribution in [1.82, 2.24) is 50.8 Å². The van der Waals surface area contributed by atoms with Gasteiger partial charge in [-0.3, -0.25) is 48.8 Å². The molecule has 3 fully saturated rings. The van der Waals surface area contributed by atoms with E-state index < -0.39 is 83.7 Å². The van der Waals surface area contributed by atoms with Gasteiger partial charge in [0, 0.05) is 105 Å². The maximum Gasteiger partial charge on any atom is 0.410 e. The van der Waals surface area contributed by atoms with Crippen molar-refractivity contribution >= 4 is 116 Å². The van der Waals surface area contributed by atoms with E-state index in [0.717, 1.165) is 70.5 Å². The predicted octanol–water partition coefficient (Wildman–Crippen LogP) is 9.04. The molecule has 6 aromatic rings. The van der Waals surface area contributed by atoms with Gasteiger partial charge in [-0.1, -0.05) is 75.4 Å². The summed E-state index contributed by atoms with van der Waals surface area (Å²) in [6, 6.07) is 19.1. The summed E-state index contributed by atoms with van der Waals surface area (Å²) in [4.78, 5) is 135. The summed E-state index contributed by atoms with van der Waals surface area (Å²) in [6.45, 7) is 22.0. The molecule has 9 amide bonds. The molecule has 0 saturated heterocycles. The van der Waals surface area contributed by atoms with Crippen LogP contribution in [0.25, 0.3) is 15.8 Å². The van der Waals surface area contributed by atoms with Gasteiger partial charge in [0.25, 0.3) is 17.7 Å². The number of rotatable bonds is 68. The predicted molar refractivity (Wildman–Crippen MR) is 520 cm³/mol. The van der Waals surface area contributed by atoms with Gasteiger partial charge in [0.1, 0.15) is 24.5 Å². The molecule has 3 aromatic carbocycles. The van der Waals surface area contributed by atoms with Gasteiger partial charge in [0.05, 0.1) is 199 Å². The Kier molecular flexibility index (Phi) is 44.2. The Bertz CT molecular complexity index is 4980. The Balaban J connectivity index is 0.578. The van der Waals surface area contributed by atoms with Crippen LogP contribution >= 0.6 is 23.4 Å². The number of para-hydroxylation sites is 1. The molecule has 11 rings (SSSR count). The second-order valence-electron chi connectivity index (χ2n) is 35.7. The minimum Gasteiger partial charge on any atom is -0.476 e. The summed E-state index contributed by atoms with van der Waals surface area (Å²) in [5, 5.41) is 40.6. The van der Waals surface area contributed by atoms with Gasteiger partial charge in [-0.05, 0) is 158 Å². The number of nitrogens with zero attached hydrogens (tertiary/aromatic N) is 6. The molecule has 12 N–H and O–H groups in total. The highest BCUT2D eigenvalue weighted by Crippen LogP contribution is 2.73. The highest BCUT2D eigenvalue weighted by Gasteiger charge is 2.70. The largest absolute Gasteiger partial charge is 0.476 e. The summed E-state index contributed by atoms with van der Waals surface area (Å²) >= 11 is 2.00. The summed E-state index contributed by atoms with van der Waals surface area (Å²) < 4.78 is 91.4. The smallest absolute Gasteiger partial charge is 0.410 e. The number of H-pyrrole nitrogens is 1. The molecule has 42 heteroatoms. The fourth-order valence-electron chi connectivity index (χ4n) is 18.8. The topological polar surface area (TPSA) is 502 Å². The number of ether oxygens (including phenoxy) is 14. The van der Waals surface area contributed by atoms with Crippen LogP contribution in [-0.4, -0.2) is 321 Å². The number of pyridine rings is 1. The number of fused-ring (bicyclic) bond motifs is 3. The Hall–Kier alpha value is -10.4. The van der Waals surface area contributed by atoms with E-state index in [9.17, 15) is 52.8 Å². The highest BCUT2D eigenvalue weighted by atomic mass is 32.2. The number of carboxylic acids is 1. The average molecular weight is 1980 g/mol. The molecule has 0 spiro atoms. The quantitative estimate of drug-likeness (QED) is 0.00733. The van der Waals surface area contributed by atoms with Gasteiger partial charge in [-0.25, -0.2) is 24.4 Å². The highest BCUT2D eigenvalue weighted by molar-refractivity contribution is 7.93. The monoisotopic (exact) mass is 1980 g/mol. The van der Waals surface area contributed by atoms with Gasteiger partial charge in [0.2, 0.25) is 17.7 Å². The van der Waals surface area contributed by atoms with Crippen LogP contribution in [0.3, 0.4) is 0 Å². The zero-order valence-corrected chi connectivity index (χ0v) is 82.0. The van der Waals surface area contributed by atoms with Crippen molar-refractivity contribution in [2.75, 3.05) is 220 Å². The molecule has 5 heterocycles. The molecular weight excluding hydrogens is 1840 g/mol. The number of aromatic amines is 1. The lowest BCUT2D eigenvalue weighted by Crippen LogP contribution is -2.55. The Morgan fingerprint density at radius 3 is 1.88 bits per heavy atom. The van der Waals surface area contributed by atoms with E-state index in [-0.39, 0.29) is 86.4 Å². The number of carbonyl (C=O) groups excluding carboxylic acids is 8. The zero-order chi connectivity index (χ0) is 98.9. The van der Waals surface area contributed by atoms with E-state index in [1.165, 1.54) is 22.5 Å². The third kappa shape index (κ3) is 33.1. The lowest BCUT2D eigenvalue weighted by molar-refractivity contribution is -0.167. The van der Waals surface area contributed by atoms with Gasteiger partial charge in [0.15, 0.2) is 10.8 Å². The van der Waals surface area contributed by atoms with Crippen LogP contribution in [0.4, 0.5) is 26.2 Å². The molecule has 2 bridgehead atoms. The first-order chi connectivity index (χ1) is 67.3. The van der Waals surface area contributed by atoms with Crippen LogP contribution in [-0.2, 0) is 116 Å². The standard InChI is InChI=1S/C97H137N15O25S2/c1-66(2)86(106-83(113)55-79(112-84(114)22-23-85(112)115)78-61-111(108-78)28-30-125-34-35-127-38-39-129-42-43-131-46-47-133-50-51-135-53-52-134-49-48-132-45-44-130-41-40-128-37-36-126-33-32-124-6)90(118)103-77(14-10-25-100-92(99)121)89(117)102-71-18-16-69(17-19-71)62-136-94(122)109(29-54-138-123)27-31-137-97-57-67(3)56-95(5)63-96(64-97,58-81(95)97)65-101-68(4)74(59-98)72-20-21-82(105-87(72)91(119)120)110-26-24-70-11-9-12-73(75(70)60-110)88(116)107-93-104-76-13-7-8-15-80(76)139-93/h7-9,11-13,15-23,59,61,66-67,77,79,81,86,98,101,108,123H,10,14,24-58,60,62-65H2,1-6H3,(H,102,117)(H,103,118)(H,106,113)(H,119,120)(H3,99,100,121)(H,104,107,116)/b74-68+,98-59?/t67?,77-,79+,81?,86-,95?,96?,97?/m0/s1. The van der Waals surface area contributed by atoms with Crippen LogP contribution in [0.1, 0.15) is 141 Å². The Labute approximate surface area is 818 Å². The third-order valence-electron chi connectivity index (χ3n) is 25.1. The molecule has 40 nitrogen and oxygen atoms in total. The van der Waals surface area contributed by atoms with Crippen molar-refractivity contribution < 1.29 is 119 Å². The number of benzene rings is 3. The van der Waals surface area contributed by atoms with Crippen LogP contribution in [0, 0.1) is 34.0 Å². The van der Waals surface area contributed by atoms with Gasteiger partial charge >= 0.3 is 18.1 Å². The van der Waals surface area contributed by atoms with E-state index in [4.69, 9.17) is 82.4 Å². The van der Waals surface area contributed by atoms with E-state index in [0.29, 0.717) is 246 Å². The minimum absolute atomic E-state index is 0.0236. The Morgan fingerprint density at radius 2 is 1.30 bits per heavy atom. The zero-order valence-electron chi connectivity index (χ0n) is 80.3. The molecule has 3 aromatic heterocycles. The van der Waals surface area contributed by atoms with Crippen molar-refractivity contribution in [3.05, 3.63) is 142 Å². The van der Waals surface area contributed by atoms with Crippen LogP contribution < -0.4 is 42.5 Å². The summed E-state index contributed by atoms with van der Waals surface area (Å²) in [5.74, 6) is -4.14. The number of imide groups is 1. The maximum atomic E-state index is 14.3. The number of methoxy groups -OCH3 is 1. The lowest BCUT2D eigenvalue weighted by Gasteiger charge is -2.55. The molecule has 5 aliphatic rings. The second-order valence-corrected chi connectivity index (χ2v) is 37.4. The first kappa shape index (κ1) is 109. The number of hydrogen-bond acceptors (Lipinski definition) is 31. The SMILES string of the molecule is COCCOCCOCCOCCOCCOCCOCCOCCOCCOCCOCCOCCn1cc([C@@H](CC(=O)N[C@H](C(=O)N[C@@H](CCCNC(N)=O)C(=O)Nc2ccc(COC(=O)N(CCOC34CC(C)CC5(C)CC(CN/C(C)=C(\C=N)c6ccc(N7CCc8cccc(C(=O)Nc9nc%10ccccc%10s9)c8C7)nc6C(=O)O)(CC53)C4)CCSO)cc2)C(C)C)N2C(=O)C=CC2=O)[nH]1. The van der Waals surface area contributed by atoms with E-state index in [1.54, 1.807) is 74.3 Å². The first-order valence-electron chi connectivity index (χ1n) is 47.5. The number of urea groups is 1. The van der Waals surface area contributed by atoms with Crippen LogP contribution in [0.5, 0.6) is 0 Å². The van der Waals surface area contributed by atoms with E-state index in [2.05, 4.69) is 55.8 Å². The van der Waals surface area contributed by atoms with Gasteiger partial charge in [-0.2, -0.15) is 0 Å². The molecule has 762 valence electrons. The number of aromatic nitrogens is 4. The number of carbonyl (C=O) groups is 9. The van der Waals surface area contributed by atoms with Crippen molar-refractivity contribution in [3.8, 4) is 0 Å². The molecule has 5 unspecified atom stereocenters. The summed E-state index contributed by atoms with van der Waals surface area (Å²) in [5.41, 5.74) is 10.1. The number of nitrogens with one attached hydrogen (secondary N) is 8. The molecule has 8 atom stereocenters. The van der Waals surface area contributed by atoms with Gasteiger partial charge < -0.3 is 124 Å². The van der Waals surface area contributed by atoms with Gasteiger partial charge in [-0.15, -0.1) is 0 Å². The molecule has 0 radical (unpaired) electrons. The van der Waals surface area contributed by atoms with Crippen LogP contribution in [0.2, 0.25) is 0 Å². The number of allylic oxidation sites excluding steroid dienone is 2. The maximum absolute atomic E-state index is 14.3. The first-order valence-corrected chi connectivity index (χ1v) is 49.3. The fraction of sp³-hybridized carbons (Fsp3) is 0.588. The lowest BCUT2D eigenvalue weighted by atomic mass is 9.55. The fourth-order valence-corrected chi connectivity index (χ4v) is 20.0. The average Bonchev–Trinajstić information content (AvgIpc) is 1.52.